The lowest BCUT2D eigenvalue weighted by atomic mass is 10.1. The third-order valence-electron chi connectivity index (χ3n) is 4.61. The highest BCUT2D eigenvalue weighted by Crippen LogP contribution is 2.29. The van der Waals surface area contributed by atoms with Crippen LogP contribution in [0.2, 0.25) is 0 Å². The van der Waals surface area contributed by atoms with Crippen molar-refractivity contribution in [1.29, 1.82) is 0 Å². The Bertz CT molecular complexity index is 899. The molecule has 4 nitrogen and oxygen atoms in total. The van der Waals surface area contributed by atoms with Crippen molar-refractivity contribution in [3.63, 3.8) is 0 Å². The molecule has 2 N–H and O–H groups in total. The fourth-order valence-electron chi connectivity index (χ4n) is 2.72. The molecule has 152 valence electrons. The highest BCUT2D eigenvalue weighted by molar-refractivity contribution is 5.95. The molecule has 0 aliphatic heterocycles. The van der Waals surface area contributed by atoms with Crippen molar-refractivity contribution in [2.75, 3.05) is 0 Å². The summed E-state index contributed by atoms with van der Waals surface area (Å²) in [5.41, 5.74) is 1.17. The average molecular weight is 402 g/mol. The van der Waals surface area contributed by atoms with E-state index in [4.69, 9.17) is 0 Å². The van der Waals surface area contributed by atoms with Crippen molar-refractivity contribution in [3.8, 4) is 0 Å². The zero-order valence-corrected chi connectivity index (χ0v) is 15.8. The third kappa shape index (κ3) is 5.94. The van der Waals surface area contributed by atoms with E-state index in [1.165, 1.54) is 18.2 Å². The minimum atomic E-state index is -4.39. The van der Waals surface area contributed by atoms with E-state index in [9.17, 15) is 22.8 Å². The van der Waals surface area contributed by atoms with Crippen LogP contribution in [0.5, 0.6) is 0 Å². The fourth-order valence-corrected chi connectivity index (χ4v) is 2.72. The van der Waals surface area contributed by atoms with Gasteiger partial charge in [0.25, 0.3) is 5.91 Å². The van der Waals surface area contributed by atoms with Crippen LogP contribution in [0, 0.1) is 0 Å². The predicted octanol–water partition coefficient (Wildman–Crippen LogP) is 4.49. The van der Waals surface area contributed by atoms with Gasteiger partial charge >= 0.3 is 6.18 Å². The quantitative estimate of drug-likeness (QED) is 0.700. The SMILES string of the molecule is CC(NC(=O)/C=C/c1ccc(C(=O)NC2CC2)cc1)c1ccc(C(F)(F)F)cc1. The summed E-state index contributed by atoms with van der Waals surface area (Å²) in [6.45, 7) is 1.70. The van der Waals surface area contributed by atoms with Gasteiger partial charge in [-0.2, -0.15) is 13.2 Å². The monoisotopic (exact) mass is 402 g/mol. The second kappa shape index (κ2) is 8.51. The molecule has 2 aromatic carbocycles. The van der Waals surface area contributed by atoms with Crippen LogP contribution in [0.15, 0.2) is 54.6 Å². The van der Waals surface area contributed by atoms with E-state index in [0.29, 0.717) is 11.1 Å². The number of hydrogen-bond donors (Lipinski definition) is 2. The van der Waals surface area contributed by atoms with Crippen molar-refractivity contribution >= 4 is 17.9 Å². The van der Waals surface area contributed by atoms with Crippen molar-refractivity contribution in [2.45, 2.75) is 38.0 Å². The van der Waals surface area contributed by atoms with Crippen LogP contribution >= 0.6 is 0 Å². The summed E-state index contributed by atoms with van der Waals surface area (Å²) in [6, 6.07) is 11.4. The largest absolute Gasteiger partial charge is 0.416 e. The maximum absolute atomic E-state index is 12.6. The molecule has 0 saturated heterocycles. The number of amides is 2. The number of rotatable bonds is 6. The lowest BCUT2D eigenvalue weighted by Gasteiger charge is -2.14. The molecule has 0 heterocycles. The minimum absolute atomic E-state index is 0.105. The van der Waals surface area contributed by atoms with Crippen molar-refractivity contribution in [2.24, 2.45) is 0 Å². The van der Waals surface area contributed by atoms with Gasteiger partial charge in [-0.1, -0.05) is 24.3 Å². The Morgan fingerprint density at radius 2 is 1.66 bits per heavy atom. The van der Waals surface area contributed by atoms with E-state index in [2.05, 4.69) is 10.6 Å². The molecule has 0 bridgehead atoms. The van der Waals surface area contributed by atoms with Crippen LogP contribution in [0.3, 0.4) is 0 Å². The molecule has 2 amide bonds. The summed E-state index contributed by atoms with van der Waals surface area (Å²) in [5, 5.41) is 5.62. The molecule has 1 saturated carbocycles. The van der Waals surface area contributed by atoms with E-state index in [-0.39, 0.29) is 17.9 Å². The highest BCUT2D eigenvalue weighted by Gasteiger charge is 2.30. The van der Waals surface area contributed by atoms with Crippen LogP contribution in [-0.2, 0) is 11.0 Å². The first kappa shape index (κ1) is 20.6. The first-order valence-corrected chi connectivity index (χ1v) is 9.29. The number of hydrogen-bond acceptors (Lipinski definition) is 2. The van der Waals surface area contributed by atoms with Gasteiger partial charge in [0.15, 0.2) is 0 Å². The summed E-state index contributed by atoms with van der Waals surface area (Å²) in [6.07, 6.45) is 0.609. The molecule has 2 aromatic rings. The van der Waals surface area contributed by atoms with Gasteiger partial charge in [0.1, 0.15) is 0 Å². The average Bonchev–Trinajstić information content (AvgIpc) is 3.50. The number of benzene rings is 2. The zero-order chi connectivity index (χ0) is 21.0. The Kier molecular flexibility index (Phi) is 6.06. The summed E-state index contributed by atoms with van der Waals surface area (Å²) >= 11 is 0. The van der Waals surface area contributed by atoms with Crippen LogP contribution < -0.4 is 10.6 Å². The molecule has 7 heteroatoms. The van der Waals surface area contributed by atoms with Gasteiger partial charge in [-0.05, 0) is 61.2 Å². The lowest BCUT2D eigenvalue weighted by Crippen LogP contribution is -2.25. The van der Waals surface area contributed by atoms with Crippen molar-refractivity contribution < 1.29 is 22.8 Å². The van der Waals surface area contributed by atoms with Crippen molar-refractivity contribution in [1.82, 2.24) is 10.6 Å². The number of carbonyl (C=O) groups is 2. The fraction of sp³-hybridized carbons (Fsp3) is 0.273. The molecule has 29 heavy (non-hydrogen) atoms. The minimum Gasteiger partial charge on any atom is -0.349 e. The predicted molar refractivity (Wildman–Crippen MR) is 104 cm³/mol. The van der Waals surface area contributed by atoms with E-state index >= 15 is 0 Å². The summed E-state index contributed by atoms with van der Waals surface area (Å²) in [5.74, 6) is -0.473. The molecule has 0 radical (unpaired) electrons. The number of alkyl halides is 3. The maximum atomic E-state index is 12.6. The normalized spacial score (nSPS) is 15.2. The highest BCUT2D eigenvalue weighted by atomic mass is 19.4. The summed E-state index contributed by atoms with van der Waals surface area (Å²) < 4.78 is 37.9. The molecular formula is C22H21F3N2O2. The Labute approximate surface area is 166 Å². The van der Waals surface area contributed by atoms with Gasteiger partial charge in [-0.25, -0.2) is 0 Å². The van der Waals surface area contributed by atoms with Crippen molar-refractivity contribution in [3.05, 3.63) is 76.9 Å². The lowest BCUT2D eigenvalue weighted by molar-refractivity contribution is -0.137. The van der Waals surface area contributed by atoms with Crippen LogP contribution in [0.4, 0.5) is 13.2 Å². The van der Waals surface area contributed by atoms with E-state index < -0.39 is 17.8 Å². The van der Waals surface area contributed by atoms with Gasteiger partial charge in [-0.15, -0.1) is 0 Å². The van der Waals surface area contributed by atoms with Crippen LogP contribution in [0.1, 0.15) is 52.9 Å². The summed E-state index contributed by atoms with van der Waals surface area (Å²) in [4.78, 5) is 24.0. The molecule has 1 atom stereocenters. The Hall–Kier alpha value is -3.09. The molecule has 3 rings (SSSR count). The molecular weight excluding hydrogens is 381 g/mol. The number of nitrogens with one attached hydrogen (secondary N) is 2. The van der Waals surface area contributed by atoms with Crippen LogP contribution in [-0.4, -0.2) is 17.9 Å². The van der Waals surface area contributed by atoms with E-state index in [1.54, 1.807) is 37.3 Å². The second-order valence-corrected chi connectivity index (χ2v) is 7.05. The Morgan fingerprint density at radius 3 is 2.21 bits per heavy atom. The topological polar surface area (TPSA) is 58.2 Å². The number of halogens is 3. The first-order valence-electron chi connectivity index (χ1n) is 9.29. The van der Waals surface area contributed by atoms with Gasteiger partial charge in [0.2, 0.25) is 5.91 Å². The molecule has 0 spiro atoms. The Morgan fingerprint density at radius 1 is 1.03 bits per heavy atom. The summed E-state index contributed by atoms with van der Waals surface area (Å²) in [7, 11) is 0. The molecule has 1 aliphatic carbocycles. The van der Waals surface area contributed by atoms with Gasteiger partial charge in [0.05, 0.1) is 11.6 Å². The standard InChI is InChI=1S/C22H21F3N2O2/c1-14(16-7-9-18(10-8-16)22(23,24)25)26-20(28)13-4-15-2-5-17(6-3-15)21(29)27-19-11-12-19/h2-10,13-14,19H,11-12H2,1H3,(H,26,28)(H,27,29)/b13-4+. The van der Waals surface area contributed by atoms with Crippen LogP contribution in [0.25, 0.3) is 6.08 Å². The Balaban J connectivity index is 1.54. The zero-order valence-electron chi connectivity index (χ0n) is 15.8. The number of carbonyl (C=O) groups excluding carboxylic acids is 2. The molecule has 1 aliphatic rings. The second-order valence-electron chi connectivity index (χ2n) is 7.05. The smallest absolute Gasteiger partial charge is 0.349 e. The van der Waals surface area contributed by atoms with Gasteiger partial charge in [0, 0.05) is 17.7 Å². The van der Waals surface area contributed by atoms with E-state index in [0.717, 1.165) is 30.5 Å². The van der Waals surface area contributed by atoms with Gasteiger partial charge < -0.3 is 10.6 Å². The molecule has 1 fully saturated rings. The maximum Gasteiger partial charge on any atom is 0.416 e. The molecule has 0 aromatic heterocycles. The third-order valence-corrected chi connectivity index (χ3v) is 4.61. The first-order chi connectivity index (χ1) is 13.7. The van der Waals surface area contributed by atoms with Gasteiger partial charge in [-0.3, -0.25) is 9.59 Å². The van der Waals surface area contributed by atoms with E-state index in [1.807, 2.05) is 0 Å². The molecule has 1 unspecified atom stereocenters.